The molecule has 2 aromatic rings. The van der Waals surface area contributed by atoms with Crippen molar-refractivity contribution < 1.29 is 4.39 Å². The number of anilines is 1. The third-order valence-electron chi connectivity index (χ3n) is 2.02. The number of halogens is 2. The van der Waals surface area contributed by atoms with E-state index in [0.29, 0.717) is 16.8 Å². The minimum absolute atomic E-state index is 0.0925. The topological polar surface area (TPSA) is 38.9 Å². The minimum Gasteiger partial charge on any atom is -0.397 e. The molecule has 1 aromatic heterocycles. The van der Waals surface area contributed by atoms with Crippen LogP contribution in [0.3, 0.4) is 0 Å². The number of aromatic nitrogens is 1. The van der Waals surface area contributed by atoms with Gasteiger partial charge in [-0.3, -0.25) is 4.98 Å². The average Bonchev–Trinajstić information content (AvgIpc) is 2.22. The third kappa shape index (κ3) is 1.92. The summed E-state index contributed by atoms with van der Waals surface area (Å²) in [6.07, 6.45) is 3.05. The lowest BCUT2D eigenvalue weighted by molar-refractivity contribution is 0.631. The van der Waals surface area contributed by atoms with Crippen molar-refractivity contribution in [1.82, 2.24) is 4.98 Å². The van der Waals surface area contributed by atoms with Crippen LogP contribution in [0.1, 0.15) is 0 Å². The van der Waals surface area contributed by atoms with Crippen LogP contribution in [-0.2, 0) is 0 Å². The van der Waals surface area contributed by atoms with Crippen molar-refractivity contribution in [3.8, 4) is 11.1 Å². The number of nitrogens with two attached hydrogens (primary N) is 1. The molecule has 2 rings (SSSR count). The standard InChI is InChI=1S/C11H8ClFN2/c12-10-3-1-2-9(11(10)13)7-4-8(14)6-15-5-7/h1-6H,14H2. The van der Waals surface area contributed by atoms with Crippen molar-refractivity contribution >= 4 is 17.3 Å². The Labute approximate surface area is 91.5 Å². The monoisotopic (exact) mass is 222 g/mol. The normalized spacial score (nSPS) is 10.3. The van der Waals surface area contributed by atoms with E-state index in [0.717, 1.165) is 0 Å². The molecule has 0 atom stereocenters. The van der Waals surface area contributed by atoms with Crippen LogP contribution in [0, 0.1) is 5.82 Å². The molecule has 0 aliphatic rings. The van der Waals surface area contributed by atoms with E-state index in [9.17, 15) is 4.39 Å². The van der Waals surface area contributed by atoms with E-state index in [2.05, 4.69) is 4.98 Å². The summed E-state index contributed by atoms with van der Waals surface area (Å²) in [5.41, 5.74) is 7.08. The van der Waals surface area contributed by atoms with Crippen LogP contribution in [0.5, 0.6) is 0 Å². The molecule has 0 aliphatic heterocycles. The van der Waals surface area contributed by atoms with Crippen LogP contribution in [-0.4, -0.2) is 4.98 Å². The number of pyridine rings is 1. The van der Waals surface area contributed by atoms with Gasteiger partial charge in [-0.2, -0.15) is 0 Å². The molecule has 0 unspecified atom stereocenters. The number of nitrogens with zero attached hydrogens (tertiary/aromatic N) is 1. The first-order chi connectivity index (χ1) is 7.18. The molecule has 0 saturated carbocycles. The smallest absolute Gasteiger partial charge is 0.149 e. The van der Waals surface area contributed by atoms with Gasteiger partial charge in [0.15, 0.2) is 0 Å². The molecule has 0 spiro atoms. The predicted octanol–water partition coefficient (Wildman–Crippen LogP) is 3.12. The van der Waals surface area contributed by atoms with Crippen LogP contribution in [0.15, 0.2) is 36.7 Å². The third-order valence-corrected chi connectivity index (χ3v) is 2.31. The number of benzene rings is 1. The SMILES string of the molecule is Nc1cncc(-c2cccc(Cl)c2F)c1. The molecule has 4 heteroatoms. The second-order valence-electron chi connectivity index (χ2n) is 3.11. The van der Waals surface area contributed by atoms with Gasteiger partial charge in [-0.05, 0) is 12.1 Å². The van der Waals surface area contributed by atoms with Crippen molar-refractivity contribution in [2.24, 2.45) is 0 Å². The Morgan fingerprint density at radius 1 is 1.27 bits per heavy atom. The molecule has 76 valence electrons. The van der Waals surface area contributed by atoms with Crippen molar-refractivity contribution in [3.63, 3.8) is 0 Å². The first-order valence-electron chi connectivity index (χ1n) is 4.33. The van der Waals surface area contributed by atoms with Crippen LogP contribution in [0.2, 0.25) is 5.02 Å². The van der Waals surface area contributed by atoms with Gasteiger partial charge in [0.1, 0.15) is 5.82 Å². The molecule has 0 bridgehead atoms. The molecule has 2 nitrogen and oxygen atoms in total. The Balaban J connectivity index is 2.59. The first-order valence-corrected chi connectivity index (χ1v) is 4.71. The zero-order valence-corrected chi connectivity index (χ0v) is 8.50. The lowest BCUT2D eigenvalue weighted by Crippen LogP contribution is -1.90. The van der Waals surface area contributed by atoms with Gasteiger partial charge >= 0.3 is 0 Å². The summed E-state index contributed by atoms with van der Waals surface area (Å²) >= 11 is 5.68. The Morgan fingerprint density at radius 3 is 2.80 bits per heavy atom. The van der Waals surface area contributed by atoms with Crippen LogP contribution < -0.4 is 5.73 Å². The second kappa shape index (κ2) is 3.87. The maximum absolute atomic E-state index is 13.6. The Hall–Kier alpha value is -1.61. The van der Waals surface area contributed by atoms with E-state index in [4.69, 9.17) is 17.3 Å². The summed E-state index contributed by atoms with van der Waals surface area (Å²) in [6.45, 7) is 0. The van der Waals surface area contributed by atoms with E-state index < -0.39 is 5.82 Å². The molecule has 0 amide bonds. The number of hydrogen-bond acceptors (Lipinski definition) is 2. The van der Waals surface area contributed by atoms with Gasteiger partial charge in [0.25, 0.3) is 0 Å². The fraction of sp³-hybridized carbons (Fsp3) is 0. The minimum atomic E-state index is -0.452. The maximum Gasteiger partial charge on any atom is 0.149 e. The largest absolute Gasteiger partial charge is 0.397 e. The highest BCUT2D eigenvalue weighted by Gasteiger charge is 2.08. The van der Waals surface area contributed by atoms with Crippen molar-refractivity contribution in [2.45, 2.75) is 0 Å². The average molecular weight is 223 g/mol. The highest BCUT2D eigenvalue weighted by atomic mass is 35.5. The quantitative estimate of drug-likeness (QED) is 0.805. The molecule has 0 saturated heterocycles. The summed E-state index contributed by atoms with van der Waals surface area (Å²) < 4.78 is 13.6. The van der Waals surface area contributed by atoms with Gasteiger partial charge < -0.3 is 5.73 Å². The number of hydrogen-bond donors (Lipinski definition) is 1. The van der Waals surface area contributed by atoms with Crippen molar-refractivity contribution in [2.75, 3.05) is 5.73 Å². The zero-order valence-electron chi connectivity index (χ0n) is 7.74. The van der Waals surface area contributed by atoms with E-state index >= 15 is 0 Å². The van der Waals surface area contributed by atoms with Gasteiger partial charge in [-0.1, -0.05) is 23.7 Å². The Kier molecular flexibility index (Phi) is 2.56. The van der Waals surface area contributed by atoms with E-state index in [1.54, 1.807) is 24.4 Å². The lowest BCUT2D eigenvalue weighted by Gasteiger charge is -2.04. The fourth-order valence-corrected chi connectivity index (χ4v) is 1.51. The molecule has 0 aliphatic carbocycles. The second-order valence-corrected chi connectivity index (χ2v) is 3.52. The number of rotatable bonds is 1. The molecule has 0 radical (unpaired) electrons. The summed E-state index contributed by atoms with van der Waals surface area (Å²) in [7, 11) is 0. The summed E-state index contributed by atoms with van der Waals surface area (Å²) in [6, 6.07) is 6.48. The molecule has 15 heavy (non-hydrogen) atoms. The van der Waals surface area contributed by atoms with Crippen LogP contribution in [0.25, 0.3) is 11.1 Å². The van der Waals surface area contributed by atoms with Crippen LogP contribution in [0.4, 0.5) is 10.1 Å². The van der Waals surface area contributed by atoms with Gasteiger partial charge in [0.05, 0.1) is 10.7 Å². The molecule has 0 fully saturated rings. The van der Waals surface area contributed by atoms with Gasteiger partial charge in [0.2, 0.25) is 0 Å². The zero-order chi connectivity index (χ0) is 10.8. The highest BCUT2D eigenvalue weighted by molar-refractivity contribution is 6.31. The molecule has 2 N–H and O–H groups in total. The molecule has 1 heterocycles. The fourth-order valence-electron chi connectivity index (χ4n) is 1.33. The first kappa shape index (κ1) is 9.93. The van der Waals surface area contributed by atoms with E-state index in [-0.39, 0.29) is 5.02 Å². The summed E-state index contributed by atoms with van der Waals surface area (Å²) in [4.78, 5) is 3.90. The Bertz CT molecular complexity index is 500. The maximum atomic E-state index is 13.6. The van der Waals surface area contributed by atoms with Crippen molar-refractivity contribution in [3.05, 3.63) is 47.5 Å². The lowest BCUT2D eigenvalue weighted by atomic mass is 10.1. The van der Waals surface area contributed by atoms with Crippen molar-refractivity contribution in [1.29, 1.82) is 0 Å². The summed E-state index contributed by atoms with van der Waals surface area (Å²) in [5, 5.41) is 0.0925. The van der Waals surface area contributed by atoms with Crippen LogP contribution >= 0.6 is 11.6 Å². The van der Waals surface area contributed by atoms with E-state index in [1.807, 2.05) is 0 Å². The van der Waals surface area contributed by atoms with E-state index in [1.165, 1.54) is 12.3 Å². The van der Waals surface area contributed by atoms with Gasteiger partial charge in [-0.15, -0.1) is 0 Å². The van der Waals surface area contributed by atoms with Gasteiger partial charge in [0, 0.05) is 23.5 Å². The molecular formula is C11H8ClFN2. The molecule has 1 aromatic carbocycles. The van der Waals surface area contributed by atoms with Gasteiger partial charge in [-0.25, -0.2) is 4.39 Å². The summed E-state index contributed by atoms with van der Waals surface area (Å²) in [5.74, 6) is -0.452. The molecular weight excluding hydrogens is 215 g/mol. The number of nitrogen functional groups attached to an aromatic ring is 1. The predicted molar refractivity (Wildman–Crippen MR) is 59.1 cm³/mol. The Morgan fingerprint density at radius 2 is 2.07 bits per heavy atom. The highest BCUT2D eigenvalue weighted by Crippen LogP contribution is 2.27.